The summed E-state index contributed by atoms with van der Waals surface area (Å²) in [6, 6.07) is 10.3. The molecule has 2 aromatic rings. The maximum Gasteiger partial charge on any atom is 0.337 e. The molecule has 1 aliphatic heterocycles. The molecule has 2 fully saturated rings. The number of imide groups is 1. The van der Waals surface area contributed by atoms with E-state index in [1.54, 1.807) is 36.4 Å². The lowest BCUT2D eigenvalue weighted by molar-refractivity contribution is -0.140. The van der Waals surface area contributed by atoms with Gasteiger partial charge in [0.15, 0.2) is 0 Å². The third kappa shape index (κ3) is 2.89. The van der Waals surface area contributed by atoms with Crippen molar-refractivity contribution in [3.05, 3.63) is 59.9 Å². The van der Waals surface area contributed by atoms with E-state index < -0.39 is 5.97 Å². The maximum absolute atomic E-state index is 12.8. The first-order valence-corrected chi connectivity index (χ1v) is 9.95. The molecule has 0 N–H and O–H groups in total. The Balaban J connectivity index is 1.33. The van der Waals surface area contributed by atoms with E-state index in [-0.39, 0.29) is 35.5 Å². The number of carbonyl (C=O) groups is 3. The number of furan rings is 1. The quantitative estimate of drug-likeness (QED) is 0.338. The van der Waals surface area contributed by atoms with Crippen LogP contribution in [-0.4, -0.2) is 36.1 Å². The molecule has 2 amide bonds. The van der Waals surface area contributed by atoms with Crippen molar-refractivity contribution in [1.29, 1.82) is 0 Å². The largest absolute Gasteiger partial charge is 0.465 e. The number of nitrogens with zero attached hydrogens (tertiary/aromatic N) is 2. The Morgan fingerprint density at radius 3 is 2.23 bits per heavy atom. The molecular formula is C23H20N2O5. The number of rotatable bonds is 4. The fraction of sp³-hybridized carbons (Fsp3) is 0.304. The summed E-state index contributed by atoms with van der Waals surface area (Å²) in [5, 5.41) is 5.17. The minimum atomic E-state index is -0.405. The van der Waals surface area contributed by atoms with Crippen LogP contribution >= 0.6 is 0 Å². The van der Waals surface area contributed by atoms with E-state index in [2.05, 4.69) is 17.3 Å². The van der Waals surface area contributed by atoms with Crippen LogP contribution < -0.4 is 0 Å². The van der Waals surface area contributed by atoms with E-state index in [9.17, 15) is 14.4 Å². The van der Waals surface area contributed by atoms with Gasteiger partial charge in [-0.2, -0.15) is 10.1 Å². The number of hydrogen-bond donors (Lipinski definition) is 0. The van der Waals surface area contributed by atoms with E-state index in [0.717, 1.165) is 23.4 Å². The Labute approximate surface area is 173 Å². The first kappa shape index (κ1) is 18.5. The normalized spacial score (nSPS) is 27.2. The molecule has 4 atom stereocenters. The molecule has 1 aromatic heterocycles. The first-order chi connectivity index (χ1) is 14.6. The first-order valence-electron chi connectivity index (χ1n) is 9.95. The van der Waals surface area contributed by atoms with Crippen molar-refractivity contribution >= 4 is 24.0 Å². The summed E-state index contributed by atoms with van der Waals surface area (Å²) in [6.07, 6.45) is 7.47. The molecule has 2 heterocycles. The number of carbonyl (C=O) groups excluding carboxylic acids is 3. The molecule has 0 unspecified atom stereocenters. The third-order valence-electron chi connectivity index (χ3n) is 6.25. The van der Waals surface area contributed by atoms with Crippen LogP contribution in [0.3, 0.4) is 0 Å². The van der Waals surface area contributed by atoms with E-state index in [4.69, 9.17) is 9.15 Å². The van der Waals surface area contributed by atoms with Gasteiger partial charge in [0.25, 0.3) is 11.8 Å². The van der Waals surface area contributed by atoms with Gasteiger partial charge in [0.05, 0.1) is 30.7 Å². The standard InChI is InChI=1S/C23H20N2O5/c1-29-23(28)16-8-2-13(3-9-16)18-11-10-17(30-18)12-24-25-21(26)19-14-4-5-15(7-6-14)20(19)22(25)27/h2-5,8-12,14-15,19-20H,6-7H2,1H3/b24-12-/t14-,15-,19+,20+/m1/s1. The van der Waals surface area contributed by atoms with Crippen LogP contribution in [0.25, 0.3) is 11.3 Å². The van der Waals surface area contributed by atoms with E-state index in [1.807, 2.05) is 0 Å². The molecule has 30 heavy (non-hydrogen) atoms. The van der Waals surface area contributed by atoms with Gasteiger partial charge in [-0.25, -0.2) is 4.79 Å². The monoisotopic (exact) mass is 404 g/mol. The molecule has 6 rings (SSSR count). The highest BCUT2D eigenvalue weighted by atomic mass is 16.5. The second-order valence-electron chi connectivity index (χ2n) is 7.85. The molecule has 4 aliphatic rings. The van der Waals surface area contributed by atoms with Gasteiger partial charge in [-0.15, -0.1) is 0 Å². The van der Waals surface area contributed by atoms with Crippen molar-refractivity contribution in [3.63, 3.8) is 0 Å². The lowest BCUT2D eigenvalue weighted by Gasteiger charge is -2.37. The second-order valence-corrected chi connectivity index (χ2v) is 7.85. The van der Waals surface area contributed by atoms with Gasteiger partial charge < -0.3 is 9.15 Å². The summed E-state index contributed by atoms with van der Waals surface area (Å²) in [5.41, 5.74) is 1.23. The number of ether oxygens (including phenoxy) is 1. The summed E-state index contributed by atoms with van der Waals surface area (Å²) >= 11 is 0. The highest BCUT2D eigenvalue weighted by molar-refractivity contribution is 6.06. The molecule has 7 nitrogen and oxygen atoms in total. The molecule has 2 bridgehead atoms. The lowest BCUT2D eigenvalue weighted by atomic mass is 9.63. The topological polar surface area (TPSA) is 89.2 Å². The minimum absolute atomic E-state index is 0.139. The lowest BCUT2D eigenvalue weighted by Crippen LogP contribution is -2.38. The predicted octanol–water partition coefficient (Wildman–Crippen LogP) is 3.26. The van der Waals surface area contributed by atoms with Crippen LogP contribution in [0.5, 0.6) is 0 Å². The van der Waals surface area contributed by atoms with Gasteiger partial charge in [-0.05, 0) is 48.9 Å². The Morgan fingerprint density at radius 1 is 1.03 bits per heavy atom. The Hall–Kier alpha value is -3.48. The summed E-state index contributed by atoms with van der Waals surface area (Å²) < 4.78 is 10.5. The van der Waals surface area contributed by atoms with Gasteiger partial charge in [0, 0.05) is 5.56 Å². The van der Waals surface area contributed by atoms with Crippen LogP contribution in [0.1, 0.15) is 29.0 Å². The van der Waals surface area contributed by atoms with Gasteiger partial charge in [-0.3, -0.25) is 9.59 Å². The SMILES string of the molecule is COC(=O)c1ccc(-c2ccc(/C=N\N3C(=O)[C@@H]4[C@@H](C3=O)[C@@H]3C=C[C@@H]4CC3)o2)cc1. The van der Waals surface area contributed by atoms with Crippen molar-refractivity contribution in [2.24, 2.45) is 28.8 Å². The van der Waals surface area contributed by atoms with Crippen LogP contribution in [-0.2, 0) is 14.3 Å². The molecular weight excluding hydrogens is 384 g/mol. The zero-order valence-corrected chi connectivity index (χ0v) is 16.4. The van der Waals surface area contributed by atoms with Crippen LogP contribution in [0.15, 0.2) is 58.1 Å². The van der Waals surface area contributed by atoms with Crippen molar-refractivity contribution in [1.82, 2.24) is 5.01 Å². The molecule has 1 saturated carbocycles. The summed E-state index contributed by atoms with van der Waals surface area (Å²) in [5.74, 6) is -0.104. The number of methoxy groups -OCH3 is 1. The summed E-state index contributed by atoms with van der Waals surface area (Å²) in [7, 11) is 1.33. The van der Waals surface area contributed by atoms with Crippen molar-refractivity contribution in [2.75, 3.05) is 7.11 Å². The molecule has 1 saturated heterocycles. The molecule has 0 radical (unpaired) electrons. The van der Waals surface area contributed by atoms with Gasteiger partial charge in [0.1, 0.15) is 11.5 Å². The van der Waals surface area contributed by atoms with E-state index in [0.29, 0.717) is 17.1 Å². The van der Waals surface area contributed by atoms with Crippen LogP contribution in [0, 0.1) is 23.7 Å². The van der Waals surface area contributed by atoms with Gasteiger partial charge >= 0.3 is 5.97 Å². The number of hydrazone groups is 1. The van der Waals surface area contributed by atoms with E-state index in [1.165, 1.54) is 13.3 Å². The second kappa shape index (κ2) is 7.09. The molecule has 152 valence electrons. The fourth-order valence-electron chi connectivity index (χ4n) is 4.75. The fourth-order valence-corrected chi connectivity index (χ4v) is 4.75. The number of fused-ring (bicyclic) bond motifs is 1. The van der Waals surface area contributed by atoms with Crippen molar-refractivity contribution < 1.29 is 23.5 Å². The average molecular weight is 404 g/mol. The number of allylic oxidation sites excluding steroid dienone is 2. The van der Waals surface area contributed by atoms with Gasteiger partial charge in [-0.1, -0.05) is 24.3 Å². The van der Waals surface area contributed by atoms with Crippen molar-refractivity contribution in [2.45, 2.75) is 12.8 Å². The molecule has 3 aliphatic carbocycles. The molecule has 7 heteroatoms. The summed E-state index contributed by atoms with van der Waals surface area (Å²) in [4.78, 5) is 37.1. The van der Waals surface area contributed by atoms with Crippen LogP contribution in [0.2, 0.25) is 0 Å². The zero-order valence-electron chi connectivity index (χ0n) is 16.4. The highest BCUT2D eigenvalue weighted by Crippen LogP contribution is 2.49. The zero-order chi connectivity index (χ0) is 20.8. The predicted molar refractivity (Wildman–Crippen MR) is 107 cm³/mol. The number of hydrogen-bond acceptors (Lipinski definition) is 6. The minimum Gasteiger partial charge on any atom is -0.465 e. The summed E-state index contributed by atoms with van der Waals surface area (Å²) in [6.45, 7) is 0. The number of esters is 1. The third-order valence-corrected chi connectivity index (χ3v) is 6.25. The Morgan fingerprint density at radius 2 is 1.67 bits per heavy atom. The Bertz CT molecular complexity index is 1050. The maximum atomic E-state index is 12.8. The Kier molecular flexibility index (Phi) is 4.38. The smallest absolute Gasteiger partial charge is 0.337 e. The average Bonchev–Trinajstić information content (AvgIpc) is 3.37. The van der Waals surface area contributed by atoms with E-state index >= 15 is 0 Å². The molecule has 1 aromatic carbocycles. The number of benzene rings is 1. The molecule has 0 spiro atoms. The van der Waals surface area contributed by atoms with Crippen LogP contribution in [0.4, 0.5) is 0 Å². The van der Waals surface area contributed by atoms with Crippen molar-refractivity contribution in [3.8, 4) is 11.3 Å². The number of amides is 2. The highest BCUT2D eigenvalue weighted by Gasteiger charge is 2.56. The van der Waals surface area contributed by atoms with Gasteiger partial charge in [0.2, 0.25) is 0 Å².